The lowest BCUT2D eigenvalue weighted by Gasteiger charge is -2.13. The van der Waals surface area contributed by atoms with E-state index in [0.717, 1.165) is 10.8 Å². The van der Waals surface area contributed by atoms with E-state index < -0.39 is 5.91 Å². The molecule has 0 aromatic heterocycles. The van der Waals surface area contributed by atoms with Gasteiger partial charge < -0.3 is 14.8 Å². The van der Waals surface area contributed by atoms with Crippen molar-refractivity contribution in [3.63, 3.8) is 0 Å². The molecule has 0 unspecified atom stereocenters. The second kappa shape index (κ2) is 9.95. The molecule has 152 valence electrons. The van der Waals surface area contributed by atoms with E-state index in [2.05, 4.69) is 21.2 Å². The highest BCUT2D eigenvalue weighted by Crippen LogP contribution is 2.37. The standard InChI is InChI=1S/C24H21BrN2O3/c1-3-29-22-13-16(12-21(25)23(22)30-4-2)11-19(15-26)24(28)27-20-10-9-17-7-5-6-8-18(17)14-20/h5-14H,3-4H2,1-2H3,(H,27,28)/b19-11+. The molecule has 0 aliphatic rings. The Morgan fingerprint density at radius 1 is 1.07 bits per heavy atom. The molecular formula is C24H21BrN2O3. The fraction of sp³-hybridized carbons (Fsp3) is 0.167. The summed E-state index contributed by atoms with van der Waals surface area (Å²) in [5, 5.41) is 14.4. The summed E-state index contributed by atoms with van der Waals surface area (Å²) in [6.45, 7) is 4.73. The van der Waals surface area contributed by atoms with Crippen LogP contribution in [0.15, 0.2) is 64.6 Å². The maximum absolute atomic E-state index is 12.7. The van der Waals surface area contributed by atoms with Crippen molar-refractivity contribution in [2.75, 3.05) is 18.5 Å². The molecule has 0 aliphatic carbocycles. The van der Waals surface area contributed by atoms with Gasteiger partial charge in [-0.25, -0.2) is 0 Å². The van der Waals surface area contributed by atoms with Gasteiger partial charge in [0, 0.05) is 5.69 Å². The predicted molar refractivity (Wildman–Crippen MR) is 123 cm³/mol. The van der Waals surface area contributed by atoms with E-state index in [-0.39, 0.29) is 5.57 Å². The fourth-order valence-electron chi connectivity index (χ4n) is 3.00. The Morgan fingerprint density at radius 3 is 2.50 bits per heavy atom. The number of rotatable bonds is 7. The Labute approximate surface area is 184 Å². The number of hydrogen-bond donors (Lipinski definition) is 1. The molecule has 30 heavy (non-hydrogen) atoms. The smallest absolute Gasteiger partial charge is 0.266 e. The number of nitriles is 1. The molecule has 0 bridgehead atoms. The lowest BCUT2D eigenvalue weighted by molar-refractivity contribution is -0.112. The number of anilines is 1. The van der Waals surface area contributed by atoms with Crippen molar-refractivity contribution in [1.29, 1.82) is 5.26 Å². The third kappa shape index (κ3) is 5.00. The van der Waals surface area contributed by atoms with Crippen LogP contribution in [0.5, 0.6) is 11.5 Å². The van der Waals surface area contributed by atoms with Gasteiger partial charge in [-0.1, -0.05) is 30.3 Å². The number of benzene rings is 3. The van der Waals surface area contributed by atoms with E-state index in [4.69, 9.17) is 9.47 Å². The van der Waals surface area contributed by atoms with Crippen LogP contribution in [0.4, 0.5) is 5.69 Å². The molecule has 3 rings (SSSR count). The minimum atomic E-state index is -0.476. The van der Waals surface area contributed by atoms with Crippen LogP contribution in [-0.4, -0.2) is 19.1 Å². The zero-order valence-corrected chi connectivity index (χ0v) is 18.3. The molecule has 0 fully saturated rings. The van der Waals surface area contributed by atoms with Crippen molar-refractivity contribution in [3.8, 4) is 17.6 Å². The van der Waals surface area contributed by atoms with Crippen molar-refractivity contribution >= 4 is 44.4 Å². The first-order valence-corrected chi connectivity index (χ1v) is 10.4. The van der Waals surface area contributed by atoms with E-state index >= 15 is 0 Å². The van der Waals surface area contributed by atoms with Crippen LogP contribution in [-0.2, 0) is 4.79 Å². The fourth-order valence-corrected chi connectivity index (χ4v) is 3.57. The second-order valence-electron chi connectivity index (χ2n) is 6.38. The molecule has 0 saturated heterocycles. The molecule has 0 atom stereocenters. The Balaban J connectivity index is 1.88. The highest BCUT2D eigenvalue weighted by molar-refractivity contribution is 9.10. The number of nitrogens with zero attached hydrogens (tertiary/aromatic N) is 1. The van der Waals surface area contributed by atoms with Crippen LogP contribution >= 0.6 is 15.9 Å². The topological polar surface area (TPSA) is 71.3 Å². The van der Waals surface area contributed by atoms with Crippen LogP contribution in [0.2, 0.25) is 0 Å². The van der Waals surface area contributed by atoms with Crippen molar-refractivity contribution in [2.24, 2.45) is 0 Å². The number of ether oxygens (including phenoxy) is 2. The lowest BCUT2D eigenvalue weighted by atomic mass is 10.1. The highest BCUT2D eigenvalue weighted by Gasteiger charge is 2.14. The average molecular weight is 465 g/mol. The summed E-state index contributed by atoms with van der Waals surface area (Å²) < 4.78 is 12.0. The molecule has 6 heteroatoms. The molecule has 1 N–H and O–H groups in total. The van der Waals surface area contributed by atoms with Gasteiger partial charge in [-0.2, -0.15) is 5.26 Å². The third-order valence-electron chi connectivity index (χ3n) is 4.30. The van der Waals surface area contributed by atoms with Crippen LogP contribution in [0, 0.1) is 11.3 Å². The highest BCUT2D eigenvalue weighted by atomic mass is 79.9. The predicted octanol–water partition coefficient (Wildman–Crippen LogP) is 5.95. The Morgan fingerprint density at radius 2 is 1.80 bits per heavy atom. The maximum Gasteiger partial charge on any atom is 0.266 e. The molecule has 0 radical (unpaired) electrons. The number of hydrogen-bond acceptors (Lipinski definition) is 4. The van der Waals surface area contributed by atoms with Gasteiger partial charge in [0.15, 0.2) is 11.5 Å². The summed E-state index contributed by atoms with van der Waals surface area (Å²) >= 11 is 3.48. The molecule has 0 heterocycles. The summed E-state index contributed by atoms with van der Waals surface area (Å²) in [6, 6.07) is 19.0. The van der Waals surface area contributed by atoms with E-state index in [9.17, 15) is 10.1 Å². The van der Waals surface area contributed by atoms with Gasteiger partial charge >= 0.3 is 0 Å². The average Bonchev–Trinajstić information content (AvgIpc) is 2.74. The first kappa shape index (κ1) is 21.4. The van der Waals surface area contributed by atoms with Gasteiger partial charge in [-0.15, -0.1) is 0 Å². The summed E-state index contributed by atoms with van der Waals surface area (Å²) in [6.07, 6.45) is 1.53. The summed E-state index contributed by atoms with van der Waals surface area (Å²) in [5.41, 5.74) is 1.27. The molecule has 0 spiro atoms. The Bertz CT molecular complexity index is 1150. The van der Waals surface area contributed by atoms with Gasteiger partial charge in [0.1, 0.15) is 11.6 Å². The molecule has 5 nitrogen and oxygen atoms in total. The number of carbonyl (C=O) groups is 1. The van der Waals surface area contributed by atoms with Gasteiger partial charge in [0.05, 0.1) is 17.7 Å². The summed E-state index contributed by atoms with van der Waals surface area (Å²) in [7, 11) is 0. The SMILES string of the molecule is CCOc1cc(/C=C(\C#N)C(=O)Nc2ccc3ccccc3c2)cc(Br)c1OCC. The maximum atomic E-state index is 12.7. The van der Waals surface area contributed by atoms with E-state index in [1.165, 1.54) is 6.08 Å². The normalized spacial score (nSPS) is 11.1. The molecule has 0 saturated carbocycles. The molecule has 1 amide bonds. The number of carbonyl (C=O) groups excluding carboxylic acids is 1. The molecule has 0 aliphatic heterocycles. The summed E-state index contributed by atoms with van der Waals surface area (Å²) in [4.78, 5) is 12.7. The quantitative estimate of drug-likeness (QED) is 0.346. The minimum Gasteiger partial charge on any atom is -0.490 e. The van der Waals surface area contributed by atoms with Gasteiger partial charge in [0.25, 0.3) is 5.91 Å². The van der Waals surface area contributed by atoms with Gasteiger partial charge in [-0.3, -0.25) is 4.79 Å². The monoisotopic (exact) mass is 464 g/mol. The van der Waals surface area contributed by atoms with Gasteiger partial charge in [0.2, 0.25) is 0 Å². The number of halogens is 1. The van der Waals surface area contributed by atoms with Crippen LogP contribution < -0.4 is 14.8 Å². The first-order valence-electron chi connectivity index (χ1n) is 9.56. The zero-order valence-electron chi connectivity index (χ0n) is 16.7. The van der Waals surface area contributed by atoms with Gasteiger partial charge in [-0.05, 0) is 76.5 Å². The van der Waals surface area contributed by atoms with E-state index in [1.54, 1.807) is 12.1 Å². The zero-order chi connectivity index (χ0) is 21.5. The van der Waals surface area contributed by atoms with Crippen LogP contribution in [0.25, 0.3) is 16.8 Å². The molecule has 3 aromatic carbocycles. The first-order chi connectivity index (χ1) is 14.5. The van der Waals surface area contributed by atoms with Crippen molar-refractivity contribution in [2.45, 2.75) is 13.8 Å². The van der Waals surface area contributed by atoms with Crippen LogP contribution in [0.1, 0.15) is 19.4 Å². The van der Waals surface area contributed by atoms with E-state index in [1.807, 2.05) is 62.4 Å². The molecular weight excluding hydrogens is 444 g/mol. The third-order valence-corrected chi connectivity index (χ3v) is 4.89. The largest absolute Gasteiger partial charge is 0.490 e. The number of nitrogens with one attached hydrogen (secondary N) is 1. The number of fused-ring (bicyclic) bond motifs is 1. The minimum absolute atomic E-state index is 0.0123. The lowest BCUT2D eigenvalue weighted by Crippen LogP contribution is -2.13. The van der Waals surface area contributed by atoms with Crippen molar-refractivity contribution in [3.05, 3.63) is 70.2 Å². The Kier molecular flexibility index (Phi) is 7.10. The van der Waals surface area contributed by atoms with E-state index in [0.29, 0.717) is 40.4 Å². The second-order valence-corrected chi connectivity index (χ2v) is 7.24. The van der Waals surface area contributed by atoms with Crippen molar-refractivity contribution in [1.82, 2.24) is 0 Å². The summed E-state index contributed by atoms with van der Waals surface area (Å²) in [5.74, 6) is 0.665. The van der Waals surface area contributed by atoms with Crippen molar-refractivity contribution < 1.29 is 14.3 Å². The Hall–Kier alpha value is -3.30. The van der Waals surface area contributed by atoms with Crippen LogP contribution in [0.3, 0.4) is 0 Å². The molecule has 3 aromatic rings. The number of amides is 1.